The van der Waals surface area contributed by atoms with Crippen molar-refractivity contribution in [1.82, 2.24) is 15.0 Å². The van der Waals surface area contributed by atoms with Gasteiger partial charge in [-0.1, -0.05) is 18.2 Å². The molecule has 0 aliphatic carbocycles. The molecule has 0 bridgehead atoms. The molecule has 1 aromatic carbocycles. The summed E-state index contributed by atoms with van der Waals surface area (Å²) < 4.78 is 1.42. The highest BCUT2D eigenvalue weighted by Crippen LogP contribution is 2.17. The first-order valence-electron chi connectivity index (χ1n) is 5.10. The Morgan fingerprint density at radius 3 is 2.82 bits per heavy atom. The van der Waals surface area contributed by atoms with E-state index in [-0.39, 0.29) is 11.4 Å². The second-order valence-corrected chi connectivity index (χ2v) is 3.48. The molecule has 0 spiro atoms. The third-order valence-electron chi connectivity index (χ3n) is 2.37. The SMILES string of the molecule is CCc1c(C(=O)O)nnn1-c1cccc(O)c1. The number of carbonyl (C=O) groups is 1. The van der Waals surface area contributed by atoms with Gasteiger partial charge in [-0.3, -0.25) is 0 Å². The average molecular weight is 233 g/mol. The molecule has 88 valence electrons. The topological polar surface area (TPSA) is 88.2 Å². The van der Waals surface area contributed by atoms with Crippen molar-refractivity contribution >= 4 is 5.97 Å². The zero-order valence-electron chi connectivity index (χ0n) is 9.16. The minimum absolute atomic E-state index is 0.0594. The van der Waals surface area contributed by atoms with Gasteiger partial charge >= 0.3 is 5.97 Å². The van der Waals surface area contributed by atoms with E-state index in [0.717, 1.165) is 0 Å². The molecule has 0 radical (unpaired) electrons. The zero-order valence-corrected chi connectivity index (χ0v) is 9.16. The van der Waals surface area contributed by atoms with Crippen molar-refractivity contribution in [3.8, 4) is 11.4 Å². The van der Waals surface area contributed by atoms with Gasteiger partial charge in [0, 0.05) is 6.07 Å². The van der Waals surface area contributed by atoms with Gasteiger partial charge in [0.05, 0.1) is 11.4 Å². The molecule has 2 rings (SSSR count). The summed E-state index contributed by atoms with van der Waals surface area (Å²) >= 11 is 0. The average Bonchev–Trinajstić information content (AvgIpc) is 2.72. The number of phenols is 1. The normalized spacial score (nSPS) is 10.4. The van der Waals surface area contributed by atoms with Gasteiger partial charge in [0.2, 0.25) is 0 Å². The number of nitrogens with zero attached hydrogens (tertiary/aromatic N) is 3. The van der Waals surface area contributed by atoms with Gasteiger partial charge in [0.25, 0.3) is 0 Å². The minimum Gasteiger partial charge on any atom is -0.508 e. The summed E-state index contributed by atoms with van der Waals surface area (Å²) in [5.41, 5.74) is 1.03. The molecule has 0 saturated carbocycles. The van der Waals surface area contributed by atoms with Crippen LogP contribution >= 0.6 is 0 Å². The third-order valence-corrected chi connectivity index (χ3v) is 2.37. The van der Waals surface area contributed by atoms with Crippen LogP contribution in [0.4, 0.5) is 0 Å². The molecule has 0 aliphatic rings. The van der Waals surface area contributed by atoms with E-state index in [1.165, 1.54) is 16.8 Å². The zero-order chi connectivity index (χ0) is 12.4. The van der Waals surface area contributed by atoms with Crippen LogP contribution in [0.15, 0.2) is 24.3 Å². The Bertz CT molecular complexity index is 563. The van der Waals surface area contributed by atoms with Gasteiger partial charge in [0.15, 0.2) is 5.69 Å². The van der Waals surface area contributed by atoms with Crippen LogP contribution < -0.4 is 0 Å². The number of phenolic OH excluding ortho intramolecular Hbond substituents is 1. The number of hydrogen-bond donors (Lipinski definition) is 2. The molecule has 0 saturated heterocycles. The second kappa shape index (κ2) is 4.25. The Kier molecular flexibility index (Phi) is 2.78. The van der Waals surface area contributed by atoms with Crippen LogP contribution in [0.1, 0.15) is 23.1 Å². The molecule has 0 unspecified atom stereocenters. The highest BCUT2D eigenvalue weighted by Gasteiger charge is 2.18. The van der Waals surface area contributed by atoms with Crippen molar-refractivity contribution < 1.29 is 15.0 Å². The largest absolute Gasteiger partial charge is 0.508 e. The van der Waals surface area contributed by atoms with Crippen molar-refractivity contribution in [3.05, 3.63) is 35.7 Å². The minimum atomic E-state index is -1.10. The number of benzene rings is 1. The first-order chi connectivity index (χ1) is 8.13. The number of rotatable bonds is 3. The Morgan fingerprint density at radius 2 is 2.24 bits per heavy atom. The maximum Gasteiger partial charge on any atom is 0.358 e. The van der Waals surface area contributed by atoms with E-state index in [1.54, 1.807) is 12.1 Å². The molecule has 0 amide bonds. The fraction of sp³-hybridized carbons (Fsp3) is 0.182. The quantitative estimate of drug-likeness (QED) is 0.832. The Hall–Kier alpha value is -2.37. The molecule has 1 aromatic heterocycles. The fourth-order valence-corrected chi connectivity index (χ4v) is 1.62. The Labute approximate surface area is 97.1 Å². The highest BCUT2D eigenvalue weighted by atomic mass is 16.4. The van der Waals surface area contributed by atoms with E-state index in [2.05, 4.69) is 10.3 Å². The van der Waals surface area contributed by atoms with Crippen molar-refractivity contribution in [2.24, 2.45) is 0 Å². The molecule has 0 fully saturated rings. The predicted molar refractivity (Wildman–Crippen MR) is 59.4 cm³/mol. The molecule has 6 heteroatoms. The van der Waals surface area contributed by atoms with Crippen molar-refractivity contribution in [3.63, 3.8) is 0 Å². The standard InChI is InChI=1S/C11H11N3O3/c1-2-9-10(11(16)17)12-13-14(9)7-4-3-5-8(15)6-7/h3-6,15H,2H2,1H3,(H,16,17). The van der Waals surface area contributed by atoms with Crippen LogP contribution in [0.2, 0.25) is 0 Å². The number of aromatic hydroxyl groups is 1. The lowest BCUT2D eigenvalue weighted by Crippen LogP contribution is -2.05. The van der Waals surface area contributed by atoms with Gasteiger partial charge < -0.3 is 10.2 Å². The van der Waals surface area contributed by atoms with Crippen LogP contribution in [0.5, 0.6) is 5.75 Å². The van der Waals surface area contributed by atoms with E-state index < -0.39 is 5.97 Å². The Balaban J connectivity index is 2.56. The summed E-state index contributed by atoms with van der Waals surface area (Å²) in [7, 11) is 0. The van der Waals surface area contributed by atoms with Crippen LogP contribution in [0, 0.1) is 0 Å². The maximum absolute atomic E-state index is 10.9. The summed E-state index contributed by atoms with van der Waals surface area (Å²) in [4.78, 5) is 10.9. The predicted octanol–water partition coefficient (Wildman–Crippen LogP) is 1.23. The lowest BCUT2D eigenvalue weighted by atomic mass is 10.2. The molecule has 6 nitrogen and oxygen atoms in total. The van der Waals surface area contributed by atoms with E-state index in [1.807, 2.05) is 6.92 Å². The molecule has 1 heterocycles. The molecule has 17 heavy (non-hydrogen) atoms. The summed E-state index contributed by atoms with van der Waals surface area (Å²) in [6.07, 6.45) is 0.490. The molecular weight excluding hydrogens is 222 g/mol. The monoisotopic (exact) mass is 233 g/mol. The molecular formula is C11H11N3O3. The Morgan fingerprint density at radius 1 is 1.47 bits per heavy atom. The number of carboxylic acid groups (broad SMARTS) is 1. The number of hydrogen-bond acceptors (Lipinski definition) is 4. The summed E-state index contributed by atoms with van der Waals surface area (Å²) in [5, 5.41) is 25.7. The molecule has 2 N–H and O–H groups in total. The number of carboxylic acids is 1. The first kappa shape index (κ1) is 11.1. The summed E-state index contributed by atoms with van der Waals surface area (Å²) in [5.74, 6) is -1.01. The maximum atomic E-state index is 10.9. The third kappa shape index (κ3) is 1.96. The fourth-order valence-electron chi connectivity index (χ4n) is 1.62. The number of aromatic nitrogens is 3. The van der Waals surface area contributed by atoms with Crippen molar-refractivity contribution in [1.29, 1.82) is 0 Å². The van der Waals surface area contributed by atoms with E-state index in [9.17, 15) is 9.90 Å². The van der Waals surface area contributed by atoms with Gasteiger partial charge in [-0.15, -0.1) is 5.10 Å². The molecule has 2 aromatic rings. The molecule has 0 atom stereocenters. The lowest BCUT2D eigenvalue weighted by Gasteiger charge is -2.05. The van der Waals surface area contributed by atoms with Crippen LogP contribution in [-0.2, 0) is 6.42 Å². The van der Waals surface area contributed by atoms with Crippen LogP contribution in [0.25, 0.3) is 5.69 Å². The second-order valence-electron chi connectivity index (χ2n) is 3.48. The van der Waals surface area contributed by atoms with Gasteiger partial charge in [0.1, 0.15) is 5.75 Å². The summed E-state index contributed by atoms with van der Waals surface area (Å²) in [6, 6.07) is 6.41. The van der Waals surface area contributed by atoms with Crippen LogP contribution in [0.3, 0.4) is 0 Å². The molecule has 0 aliphatic heterocycles. The smallest absolute Gasteiger partial charge is 0.358 e. The van der Waals surface area contributed by atoms with Gasteiger partial charge in [-0.25, -0.2) is 9.48 Å². The van der Waals surface area contributed by atoms with E-state index >= 15 is 0 Å². The van der Waals surface area contributed by atoms with Crippen molar-refractivity contribution in [2.45, 2.75) is 13.3 Å². The van der Waals surface area contributed by atoms with E-state index in [0.29, 0.717) is 17.8 Å². The summed E-state index contributed by atoms with van der Waals surface area (Å²) in [6.45, 7) is 1.82. The highest BCUT2D eigenvalue weighted by molar-refractivity contribution is 5.86. The lowest BCUT2D eigenvalue weighted by molar-refractivity contribution is 0.0689. The van der Waals surface area contributed by atoms with E-state index in [4.69, 9.17) is 5.11 Å². The van der Waals surface area contributed by atoms with Gasteiger partial charge in [-0.2, -0.15) is 0 Å². The number of aromatic carboxylic acids is 1. The first-order valence-corrected chi connectivity index (χ1v) is 5.10. The van der Waals surface area contributed by atoms with Crippen LogP contribution in [-0.4, -0.2) is 31.2 Å². The van der Waals surface area contributed by atoms with Gasteiger partial charge in [-0.05, 0) is 18.6 Å². The van der Waals surface area contributed by atoms with Crippen molar-refractivity contribution in [2.75, 3.05) is 0 Å².